The molecule has 1 aliphatic heterocycles. The molecule has 0 saturated heterocycles. The van der Waals surface area contributed by atoms with Gasteiger partial charge in [0.25, 0.3) is 0 Å². The first-order valence-electron chi connectivity index (χ1n) is 11.4. The van der Waals surface area contributed by atoms with E-state index in [1.807, 2.05) is 11.8 Å². The number of hydrogen-bond acceptors (Lipinski definition) is 8. The van der Waals surface area contributed by atoms with Crippen molar-refractivity contribution in [3.05, 3.63) is 54.0 Å². The Morgan fingerprint density at radius 3 is 2.71 bits per heavy atom. The smallest absolute Gasteiger partial charge is 0.303 e. The van der Waals surface area contributed by atoms with Crippen LogP contribution in [0, 0.1) is 5.95 Å². The van der Waals surface area contributed by atoms with Crippen LogP contribution >= 0.6 is 0 Å². The highest BCUT2D eigenvalue weighted by Gasteiger charge is 2.27. The molecule has 4 rings (SSSR count). The SMILES string of the molecule is CC1c2cnc(-c3ncccn3)nc2CCN1c1cc(OCCCCCCC(=O)O)cc(F)n1. The van der Waals surface area contributed by atoms with Crippen LogP contribution in [0.4, 0.5) is 10.2 Å². The third kappa shape index (κ3) is 5.81. The highest BCUT2D eigenvalue weighted by Crippen LogP contribution is 2.33. The lowest BCUT2D eigenvalue weighted by atomic mass is 9.99. The molecular weight excluding hydrogens is 439 g/mol. The van der Waals surface area contributed by atoms with E-state index in [0.29, 0.717) is 49.2 Å². The van der Waals surface area contributed by atoms with Gasteiger partial charge in [0.15, 0.2) is 11.6 Å². The molecular formula is C24H27FN6O3. The molecule has 1 N–H and O–H groups in total. The van der Waals surface area contributed by atoms with Gasteiger partial charge in [-0.2, -0.15) is 4.39 Å². The second-order valence-corrected chi connectivity index (χ2v) is 8.18. The molecule has 1 atom stereocenters. The maximum atomic E-state index is 14.3. The van der Waals surface area contributed by atoms with E-state index in [9.17, 15) is 9.18 Å². The molecule has 3 aromatic heterocycles. The normalized spacial score (nSPS) is 15.1. The predicted octanol–water partition coefficient (Wildman–Crippen LogP) is 4.01. The predicted molar refractivity (Wildman–Crippen MR) is 123 cm³/mol. The van der Waals surface area contributed by atoms with E-state index in [1.54, 1.807) is 30.7 Å². The highest BCUT2D eigenvalue weighted by atomic mass is 19.1. The summed E-state index contributed by atoms with van der Waals surface area (Å²) < 4.78 is 20.0. The van der Waals surface area contributed by atoms with Gasteiger partial charge in [0.2, 0.25) is 5.95 Å². The molecule has 34 heavy (non-hydrogen) atoms. The standard InChI is InChI=1S/C24H27FN6O3/c1-16-18-15-28-24(23-26-9-6-10-27-23)29-19(18)8-11-31(16)21-14-17(13-20(25)30-21)34-12-5-3-2-4-7-22(32)33/h6,9-10,13-16H,2-5,7-8,11-12H2,1H3,(H,32,33). The molecule has 1 unspecified atom stereocenters. The van der Waals surface area contributed by atoms with Crippen LogP contribution in [-0.4, -0.2) is 49.1 Å². The average Bonchev–Trinajstić information content (AvgIpc) is 2.83. The summed E-state index contributed by atoms with van der Waals surface area (Å²) in [5.41, 5.74) is 1.89. The first-order chi connectivity index (χ1) is 16.5. The van der Waals surface area contributed by atoms with Gasteiger partial charge >= 0.3 is 5.97 Å². The molecule has 1 aliphatic rings. The zero-order chi connectivity index (χ0) is 23.9. The Bertz CT molecular complexity index is 1130. The second kappa shape index (κ2) is 11.0. The fraction of sp³-hybridized carbons (Fsp3) is 0.417. The number of aromatic nitrogens is 5. The van der Waals surface area contributed by atoms with Gasteiger partial charge in [-0.25, -0.2) is 24.9 Å². The van der Waals surface area contributed by atoms with Crippen molar-refractivity contribution in [1.82, 2.24) is 24.9 Å². The van der Waals surface area contributed by atoms with Crippen LogP contribution < -0.4 is 9.64 Å². The molecule has 0 aliphatic carbocycles. The Labute approximate surface area is 197 Å². The number of carboxylic acids is 1. The van der Waals surface area contributed by atoms with Crippen LogP contribution in [0.15, 0.2) is 36.8 Å². The monoisotopic (exact) mass is 466 g/mol. The Morgan fingerprint density at radius 2 is 1.91 bits per heavy atom. The summed E-state index contributed by atoms with van der Waals surface area (Å²) in [7, 11) is 0. The van der Waals surface area contributed by atoms with E-state index in [1.165, 1.54) is 6.07 Å². The van der Waals surface area contributed by atoms with Crippen molar-refractivity contribution in [2.75, 3.05) is 18.1 Å². The molecule has 9 nitrogen and oxygen atoms in total. The van der Waals surface area contributed by atoms with Crippen LogP contribution in [0.5, 0.6) is 5.75 Å². The molecule has 0 saturated carbocycles. The fourth-order valence-corrected chi connectivity index (χ4v) is 4.01. The second-order valence-electron chi connectivity index (χ2n) is 8.18. The number of ether oxygens (including phenoxy) is 1. The Morgan fingerprint density at radius 1 is 1.12 bits per heavy atom. The number of hydrogen-bond donors (Lipinski definition) is 1. The molecule has 0 fully saturated rings. The minimum atomic E-state index is -0.775. The number of aliphatic carboxylic acids is 1. The van der Waals surface area contributed by atoms with Crippen molar-refractivity contribution in [2.24, 2.45) is 0 Å². The quantitative estimate of drug-likeness (QED) is 0.350. The number of pyridine rings is 1. The van der Waals surface area contributed by atoms with Gasteiger partial charge in [-0.1, -0.05) is 12.8 Å². The van der Waals surface area contributed by atoms with Crippen molar-refractivity contribution in [2.45, 2.75) is 51.5 Å². The minimum Gasteiger partial charge on any atom is -0.493 e. The van der Waals surface area contributed by atoms with E-state index < -0.39 is 11.9 Å². The topological polar surface area (TPSA) is 114 Å². The Balaban J connectivity index is 1.40. The minimum absolute atomic E-state index is 0.0918. The van der Waals surface area contributed by atoms with Crippen LogP contribution in [-0.2, 0) is 11.2 Å². The number of fused-ring (bicyclic) bond motifs is 1. The van der Waals surface area contributed by atoms with Gasteiger partial charge in [0, 0.05) is 55.7 Å². The average molecular weight is 467 g/mol. The molecule has 10 heteroatoms. The first-order valence-corrected chi connectivity index (χ1v) is 11.4. The third-order valence-electron chi connectivity index (χ3n) is 5.77. The number of halogens is 1. The fourth-order valence-electron chi connectivity index (χ4n) is 4.01. The Kier molecular flexibility index (Phi) is 7.56. The van der Waals surface area contributed by atoms with Gasteiger partial charge in [0.1, 0.15) is 11.6 Å². The molecule has 4 heterocycles. The molecule has 0 radical (unpaired) electrons. The van der Waals surface area contributed by atoms with Gasteiger partial charge in [-0.05, 0) is 25.8 Å². The van der Waals surface area contributed by atoms with E-state index in [4.69, 9.17) is 9.84 Å². The summed E-state index contributed by atoms with van der Waals surface area (Å²) in [5, 5.41) is 8.67. The lowest BCUT2D eigenvalue weighted by molar-refractivity contribution is -0.137. The molecule has 0 bridgehead atoms. The summed E-state index contributed by atoms with van der Waals surface area (Å²) in [6, 6.07) is 4.69. The summed E-state index contributed by atoms with van der Waals surface area (Å²) >= 11 is 0. The number of nitrogens with zero attached hydrogens (tertiary/aromatic N) is 6. The van der Waals surface area contributed by atoms with Crippen molar-refractivity contribution in [3.63, 3.8) is 0 Å². The maximum absolute atomic E-state index is 14.3. The molecule has 0 aromatic carbocycles. The first kappa shape index (κ1) is 23.5. The van der Waals surface area contributed by atoms with Gasteiger partial charge in [-0.3, -0.25) is 4.79 Å². The lowest BCUT2D eigenvalue weighted by Crippen LogP contribution is -2.35. The van der Waals surface area contributed by atoms with E-state index >= 15 is 0 Å². The molecule has 0 amide bonds. The number of anilines is 1. The van der Waals surface area contributed by atoms with Crippen LogP contribution in [0.3, 0.4) is 0 Å². The van der Waals surface area contributed by atoms with Crippen LogP contribution in [0.2, 0.25) is 0 Å². The summed E-state index contributed by atoms with van der Waals surface area (Å²) in [6.07, 6.45) is 9.06. The van der Waals surface area contributed by atoms with E-state index in [-0.39, 0.29) is 12.5 Å². The lowest BCUT2D eigenvalue weighted by Gasteiger charge is -2.35. The summed E-state index contributed by atoms with van der Waals surface area (Å²) in [4.78, 5) is 34.2. The van der Waals surface area contributed by atoms with Crippen molar-refractivity contribution < 1.29 is 19.0 Å². The summed E-state index contributed by atoms with van der Waals surface area (Å²) in [5.74, 6) is 0.532. The number of carboxylic acid groups (broad SMARTS) is 1. The van der Waals surface area contributed by atoms with Crippen molar-refractivity contribution in [3.8, 4) is 17.4 Å². The molecule has 3 aromatic rings. The summed E-state index contributed by atoms with van der Waals surface area (Å²) in [6.45, 7) is 3.08. The van der Waals surface area contributed by atoms with Gasteiger partial charge in [0.05, 0.1) is 18.3 Å². The molecule has 0 spiro atoms. The van der Waals surface area contributed by atoms with Gasteiger partial charge in [-0.15, -0.1) is 0 Å². The van der Waals surface area contributed by atoms with Crippen molar-refractivity contribution in [1.29, 1.82) is 0 Å². The zero-order valence-corrected chi connectivity index (χ0v) is 19.0. The number of rotatable bonds is 10. The van der Waals surface area contributed by atoms with Crippen molar-refractivity contribution >= 4 is 11.8 Å². The number of unbranched alkanes of at least 4 members (excludes halogenated alkanes) is 3. The Hall–Kier alpha value is -3.69. The number of carbonyl (C=O) groups is 1. The van der Waals surface area contributed by atoms with Crippen LogP contribution in [0.1, 0.15) is 56.3 Å². The maximum Gasteiger partial charge on any atom is 0.303 e. The largest absolute Gasteiger partial charge is 0.493 e. The third-order valence-corrected chi connectivity index (χ3v) is 5.77. The zero-order valence-electron chi connectivity index (χ0n) is 19.0. The van der Waals surface area contributed by atoms with E-state index in [2.05, 4.69) is 24.9 Å². The van der Waals surface area contributed by atoms with Gasteiger partial charge < -0.3 is 14.7 Å². The highest BCUT2D eigenvalue weighted by molar-refractivity contribution is 5.66. The molecule has 178 valence electrons. The van der Waals surface area contributed by atoms with Crippen LogP contribution in [0.25, 0.3) is 11.6 Å². The van der Waals surface area contributed by atoms with E-state index in [0.717, 1.165) is 30.5 Å².